The molecule has 0 aliphatic carbocycles. The van der Waals surface area contributed by atoms with E-state index in [1.54, 1.807) is 17.2 Å². The summed E-state index contributed by atoms with van der Waals surface area (Å²) in [7, 11) is 0. The lowest BCUT2D eigenvalue weighted by Gasteiger charge is -2.33. The summed E-state index contributed by atoms with van der Waals surface area (Å²) in [5, 5.41) is 7.32. The first-order valence-electron chi connectivity index (χ1n) is 10.9. The molecule has 1 atom stereocenters. The van der Waals surface area contributed by atoms with Crippen LogP contribution in [-0.4, -0.2) is 51.8 Å². The van der Waals surface area contributed by atoms with Gasteiger partial charge in [0.15, 0.2) is 5.82 Å². The van der Waals surface area contributed by atoms with Gasteiger partial charge in [-0.1, -0.05) is 0 Å². The molecule has 2 aromatic heterocycles. The predicted octanol–water partition coefficient (Wildman–Crippen LogP) is 3.36. The van der Waals surface area contributed by atoms with E-state index >= 15 is 0 Å². The van der Waals surface area contributed by atoms with E-state index in [0.717, 1.165) is 49.8 Å². The molecule has 0 saturated carbocycles. The molecule has 8 heteroatoms. The van der Waals surface area contributed by atoms with Crippen molar-refractivity contribution in [2.24, 2.45) is 5.92 Å². The standard InChI is InChI=1S/C23H29N7O/c1-3-28(4-2)20-10-8-19(9-11-20)27-23(31)18-7-5-13-29(16-18)21-15-22(25-17-24-21)30-14-6-12-26-30/h6,8-12,14-15,17-18H,3-5,7,13,16H2,1-2H3,(H,27,31). The fourth-order valence-corrected chi connectivity index (χ4v) is 4.03. The monoisotopic (exact) mass is 419 g/mol. The van der Waals surface area contributed by atoms with E-state index in [0.29, 0.717) is 6.54 Å². The predicted molar refractivity (Wildman–Crippen MR) is 123 cm³/mol. The van der Waals surface area contributed by atoms with Crippen molar-refractivity contribution in [1.82, 2.24) is 19.7 Å². The van der Waals surface area contributed by atoms with Crippen LogP contribution in [0.2, 0.25) is 0 Å². The summed E-state index contributed by atoms with van der Waals surface area (Å²) in [6.07, 6.45) is 6.94. The maximum Gasteiger partial charge on any atom is 0.229 e. The second-order valence-electron chi connectivity index (χ2n) is 7.68. The van der Waals surface area contributed by atoms with Crippen molar-refractivity contribution in [3.05, 3.63) is 55.1 Å². The van der Waals surface area contributed by atoms with E-state index in [1.165, 1.54) is 5.69 Å². The van der Waals surface area contributed by atoms with Gasteiger partial charge in [0, 0.05) is 56.0 Å². The molecule has 1 N–H and O–H groups in total. The zero-order valence-corrected chi connectivity index (χ0v) is 18.1. The second kappa shape index (κ2) is 9.59. The van der Waals surface area contributed by atoms with Gasteiger partial charge in [0.05, 0.1) is 5.92 Å². The molecule has 0 bridgehead atoms. The number of carbonyl (C=O) groups is 1. The van der Waals surface area contributed by atoms with Crippen LogP contribution in [0.1, 0.15) is 26.7 Å². The Morgan fingerprint density at radius 1 is 1.16 bits per heavy atom. The number of hydrogen-bond donors (Lipinski definition) is 1. The molecule has 4 rings (SSSR count). The Balaban J connectivity index is 1.40. The first-order valence-corrected chi connectivity index (χ1v) is 10.9. The van der Waals surface area contributed by atoms with Crippen molar-refractivity contribution in [3.8, 4) is 5.82 Å². The van der Waals surface area contributed by atoms with Crippen LogP contribution in [0.4, 0.5) is 17.2 Å². The molecule has 1 aliphatic rings. The minimum absolute atomic E-state index is 0.0571. The summed E-state index contributed by atoms with van der Waals surface area (Å²) in [6, 6.07) is 11.9. The van der Waals surface area contributed by atoms with Gasteiger partial charge in [0.25, 0.3) is 0 Å². The zero-order valence-electron chi connectivity index (χ0n) is 18.1. The lowest BCUT2D eigenvalue weighted by Crippen LogP contribution is -2.41. The van der Waals surface area contributed by atoms with Gasteiger partial charge in [-0.05, 0) is 57.0 Å². The molecule has 162 valence electrons. The minimum Gasteiger partial charge on any atom is -0.372 e. The van der Waals surface area contributed by atoms with Crippen LogP contribution in [0.15, 0.2) is 55.1 Å². The maximum atomic E-state index is 12.9. The number of nitrogens with zero attached hydrogens (tertiary/aromatic N) is 6. The lowest BCUT2D eigenvalue weighted by molar-refractivity contribution is -0.120. The third-order valence-electron chi connectivity index (χ3n) is 5.76. The summed E-state index contributed by atoms with van der Waals surface area (Å²) in [4.78, 5) is 26.1. The zero-order chi connectivity index (χ0) is 21.6. The summed E-state index contributed by atoms with van der Waals surface area (Å²) in [6.45, 7) is 7.72. The van der Waals surface area contributed by atoms with Crippen LogP contribution in [0.3, 0.4) is 0 Å². The number of piperidine rings is 1. The van der Waals surface area contributed by atoms with Crippen LogP contribution in [0.5, 0.6) is 0 Å². The quantitative estimate of drug-likeness (QED) is 0.633. The van der Waals surface area contributed by atoms with Crippen molar-refractivity contribution in [2.45, 2.75) is 26.7 Å². The summed E-state index contributed by atoms with van der Waals surface area (Å²) in [5.41, 5.74) is 2.00. The second-order valence-corrected chi connectivity index (χ2v) is 7.68. The van der Waals surface area contributed by atoms with E-state index in [1.807, 2.05) is 30.5 Å². The molecule has 8 nitrogen and oxygen atoms in total. The highest BCUT2D eigenvalue weighted by Crippen LogP contribution is 2.24. The van der Waals surface area contributed by atoms with Crippen LogP contribution in [-0.2, 0) is 4.79 Å². The normalized spacial score (nSPS) is 16.2. The third-order valence-corrected chi connectivity index (χ3v) is 5.76. The third kappa shape index (κ3) is 4.84. The fourth-order valence-electron chi connectivity index (χ4n) is 4.03. The molecular formula is C23H29N7O. The van der Waals surface area contributed by atoms with Crippen molar-refractivity contribution in [3.63, 3.8) is 0 Å². The van der Waals surface area contributed by atoms with Gasteiger partial charge in [-0.15, -0.1) is 0 Å². The Morgan fingerprint density at radius 3 is 2.65 bits per heavy atom. The van der Waals surface area contributed by atoms with Crippen molar-refractivity contribution in [2.75, 3.05) is 41.3 Å². The SMILES string of the molecule is CCN(CC)c1ccc(NC(=O)C2CCCN(c3cc(-n4cccn4)ncn3)C2)cc1. The van der Waals surface area contributed by atoms with E-state index < -0.39 is 0 Å². The number of nitrogens with one attached hydrogen (secondary N) is 1. The Morgan fingerprint density at radius 2 is 1.94 bits per heavy atom. The summed E-state index contributed by atoms with van der Waals surface area (Å²) < 4.78 is 1.71. The summed E-state index contributed by atoms with van der Waals surface area (Å²) >= 11 is 0. The van der Waals surface area contributed by atoms with E-state index in [9.17, 15) is 4.79 Å². The number of benzene rings is 1. The van der Waals surface area contributed by atoms with Gasteiger partial charge in [-0.3, -0.25) is 4.79 Å². The van der Waals surface area contributed by atoms with Gasteiger partial charge in [0.1, 0.15) is 12.1 Å². The number of amides is 1. The van der Waals surface area contributed by atoms with Crippen molar-refractivity contribution >= 4 is 23.1 Å². The van der Waals surface area contributed by atoms with Gasteiger partial charge < -0.3 is 15.1 Å². The number of aromatic nitrogens is 4. The minimum atomic E-state index is -0.0840. The van der Waals surface area contributed by atoms with E-state index in [4.69, 9.17) is 0 Å². The Bertz CT molecular complexity index is 983. The number of carbonyl (C=O) groups excluding carboxylic acids is 1. The highest BCUT2D eigenvalue weighted by molar-refractivity contribution is 5.93. The molecular weight excluding hydrogens is 390 g/mol. The molecule has 1 saturated heterocycles. The molecule has 3 heterocycles. The molecule has 1 aliphatic heterocycles. The van der Waals surface area contributed by atoms with Gasteiger partial charge in [-0.25, -0.2) is 14.6 Å². The van der Waals surface area contributed by atoms with Gasteiger partial charge >= 0.3 is 0 Å². The van der Waals surface area contributed by atoms with Crippen LogP contribution in [0.25, 0.3) is 5.82 Å². The Labute approximate surface area is 182 Å². The highest BCUT2D eigenvalue weighted by atomic mass is 16.1. The number of anilines is 3. The molecule has 1 unspecified atom stereocenters. The molecule has 0 spiro atoms. The molecule has 31 heavy (non-hydrogen) atoms. The molecule has 1 amide bonds. The van der Waals surface area contributed by atoms with Crippen LogP contribution < -0.4 is 15.1 Å². The molecule has 1 aromatic carbocycles. The van der Waals surface area contributed by atoms with E-state index in [2.05, 4.69) is 56.2 Å². The van der Waals surface area contributed by atoms with Crippen LogP contribution in [0, 0.1) is 5.92 Å². The van der Waals surface area contributed by atoms with Gasteiger partial charge in [-0.2, -0.15) is 5.10 Å². The molecule has 0 radical (unpaired) electrons. The first kappa shape index (κ1) is 20.8. The van der Waals surface area contributed by atoms with Crippen molar-refractivity contribution in [1.29, 1.82) is 0 Å². The van der Waals surface area contributed by atoms with Crippen LogP contribution >= 0.6 is 0 Å². The molecule has 3 aromatic rings. The van der Waals surface area contributed by atoms with Gasteiger partial charge in [0.2, 0.25) is 5.91 Å². The topological polar surface area (TPSA) is 79.2 Å². The number of hydrogen-bond acceptors (Lipinski definition) is 6. The lowest BCUT2D eigenvalue weighted by atomic mass is 9.97. The average Bonchev–Trinajstić information content (AvgIpc) is 3.36. The summed E-state index contributed by atoms with van der Waals surface area (Å²) in [5.74, 6) is 1.51. The smallest absolute Gasteiger partial charge is 0.229 e. The first-order chi connectivity index (χ1) is 15.2. The fraction of sp³-hybridized carbons (Fsp3) is 0.391. The Kier molecular flexibility index (Phi) is 6.45. The Hall–Kier alpha value is -3.42. The molecule has 1 fully saturated rings. The van der Waals surface area contributed by atoms with E-state index in [-0.39, 0.29) is 11.8 Å². The highest BCUT2D eigenvalue weighted by Gasteiger charge is 2.27. The number of rotatable bonds is 7. The van der Waals surface area contributed by atoms with Crippen molar-refractivity contribution < 1.29 is 4.79 Å². The largest absolute Gasteiger partial charge is 0.372 e. The maximum absolute atomic E-state index is 12.9. The average molecular weight is 420 g/mol.